The third kappa shape index (κ3) is 7.18. The van der Waals surface area contributed by atoms with E-state index in [1.54, 1.807) is 0 Å². The summed E-state index contributed by atoms with van der Waals surface area (Å²) in [4.78, 5) is 2.20. The highest BCUT2D eigenvalue weighted by Crippen LogP contribution is 2.16. The van der Waals surface area contributed by atoms with E-state index in [1.807, 2.05) is 0 Å². The Kier molecular flexibility index (Phi) is 6.96. The van der Waals surface area contributed by atoms with Gasteiger partial charge in [0.25, 0.3) is 0 Å². The number of nitrogens with one attached hydrogen (secondary N) is 1. The molecule has 1 atom stereocenters. The van der Waals surface area contributed by atoms with E-state index in [-0.39, 0.29) is 6.61 Å². The number of rotatable bonds is 7. The van der Waals surface area contributed by atoms with Crippen LogP contribution < -0.4 is 5.32 Å². The molecule has 1 aliphatic rings. The van der Waals surface area contributed by atoms with Crippen molar-refractivity contribution in [1.82, 2.24) is 10.2 Å². The molecule has 0 bridgehead atoms. The maximum absolute atomic E-state index is 11.9. The van der Waals surface area contributed by atoms with Crippen molar-refractivity contribution in [1.29, 1.82) is 0 Å². The SMILES string of the molecule is CCNCC1CCCN(CCOCC(F)(F)F)C1. The van der Waals surface area contributed by atoms with E-state index in [0.29, 0.717) is 12.5 Å². The van der Waals surface area contributed by atoms with Gasteiger partial charge in [0.15, 0.2) is 0 Å². The molecule has 6 heteroatoms. The van der Waals surface area contributed by atoms with Crippen molar-refractivity contribution >= 4 is 0 Å². The fraction of sp³-hybridized carbons (Fsp3) is 1.00. The van der Waals surface area contributed by atoms with Crippen LogP contribution in [0, 0.1) is 5.92 Å². The molecule has 0 aliphatic carbocycles. The second-order valence-electron chi connectivity index (χ2n) is 4.78. The van der Waals surface area contributed by atoms with Crippen LogP contribution in [-0.4, -0.2) is 57.0 Å². The van der Waals surface area contributed by atoms with Gasteiger partial charge in [0.2, 0.25) is 0 Å². The Morgan fingerprint density at radius 2 is 2.17 bits per heavy atom. The first kappa shape index (κ1) is 15.7. The molecule has 0 aromatic carbocycles. The van der Waals surface area contributed by atoms with Crippen LogP contribution in [0.5, 0.6) is 0 Å². The maximum atomic E-state index is 11.9. The monoisotopic (exact) mass is 268 g/mol. The predicted molar refractivity (Wildman–Crippen MR) is 64.6 cm³/mol. The molecule has 18 heavy (non-hydrogen) atoms. The van der Waals surface area contributed by atoms with Crippen molar-refractivity contribution in [2.75, 3.05) is 45.9 Å². The van der Waals surface area contributed by atoms with Crippen LogP contribution in [0.2, 0.25) is 0 Å². The second kappa shape index (κ2) is 7.96. The average Bonchev–Trinajstić information content (AvgIpc) is 2.31. The molecule has 0 saturated carbocycles. The van der Waals surface area contributed by atoms with Gasteiger partial charge in [-0.25, -0.2) is 0 Å². The molecular weight excluding hydrogens is 245 g/mol. The van der Waals surface area contributed by atoms with Crippen molar-refractivity contribution in [3.05, 3.63) is 0 Å². The van der Waals surface area contributed by atoms with E-state index < -0.39 is 12.8 Å². The lowest BCUT2D eigenvalue weighted by molar-refractivity contribution is -0.174. The summed E-state index contributed by atoms with van der Waals surface area (Å²) in [7, 11) is 0. The summed E-state index contributed by atoms with van der Waals surface area (Å²) in [6.07, 6.45) is -1.89. The van der Waals surface area contributed by atoms with E-state index in [4.69, 9.17) is 0 Å². The van der Waals surface area contributed by atoms with Crippen LogP contribution in [0.3, 0.4) is 0 Å². The first-order chi connectivity index (χ1) is 8.51. The summed E-state index contributed by atoms with van der Waals surface area (Å²) < 4.78 is 40.3. The van der Waals surface area contributed by atoms with Gasteiger partial charge >= 0.3 is 6.18 Å². The summed E-state index contributed by atoms with van der Waals surface area (Å²) in [5.74, 6) is 0.612. The van der Waals surface area contributed by atoms with Crippen LogP contribution in [0.15, 0.2) is 0 Å². The molecule has 108 valence electrons. The van der Waals surface area contributed by atoms with Gasteiger partial charge in [-0.1, -0.05) is 6.92 Å². The molecule has 1 heterocycles. The number of halogens is 3. The molecule has 1 rings (SSSR count). The summed E-state index contributed by atoms with van der Waals surface area (Å²) in [6, 6.07) is 0. The molecule has 1 fully saturated rings. The molecule has 3 nitrogen and oxygen atoms in total. The fourth-order valence-corrected chi connectivity index (χ4v) is 2.25. The van der Waals surface area contributed by atoms with E-state index in [0.717, 1.165) is 32.6 Å². The Labute approximate surface area is 107 Å². The molecule has 0 spiro atoms. The summed E-state index contributed by atoms with van der Waals surface area (Å²) >= 11 is 0. The standard InChI is InChI=1S/C12H23F3N2O/c1-2-16-8-11-4-3-5-17(9-11)6-7-18-10-12(13,14)15/h11,16H,2-10H2,1H3. The van der Waals surface area contributed by atoms with Gasteiger partial charge in [0, 0.05) is 13.1 Å². The molecule has 0 aromatic rings. The normalized spacial score (nSPS) is 22.3. The first-order valence-corrected chi connectivity index (χ1v) is 6.59. The average molecular weight is 268 g/mol. The number of nitrogens with zero attached hydrogens (tertiary/aromatic N) is 1. The van der Waals surface area contributed by atoms with E-state index in [9.17, 15) is 13.2 Å². The highest BCUT2D eigenvalue weighted by Gasteiger charge is 2.27. The molecular formula is C12H23F3N2O. The Hall–Kier alpha value is -0.330. The molecule has 0 aromatic heterocycles. The highest BCUT2D eigenvalue weighted by atomic mass is 19.4. The van der Waals surface area contributed by atoms with Crippen LogP contribution in [-0.2, 0) is 4.74 Å². The Balaban J connectivity index is 2.10. The quantitative estimate of drug-likeness (QED) is 0.714. The number of hydrogen-bond acceptors (Lipinski definition) is 3. The summed E-state index contributed by atoms with van der Waals surface area (Å²) in [5.41, 5.74) is 0. The zero-order valence-electron chi connectivity index (χ0n) is 10.9. The minimum absolute atomic E-state index is 0.160. The van der Waals surface area contributed by atoms with E-state index in [2.05, 4.69) is 21.9 Å². The molecule has 1 N–H and O–H groups in total. The number of hydrogen-bond donors (Lipinski definition) is 1. The van der Waals surface area contributed by atoms with Gasteiger partial charge in [-0.05, 0) is 38.4 Å². The Bertz CT molecular complexity index is 224. The van der Waals surface area contributed by atoms with Crippen LogP contribution in [0.1, 0.15) is 19.8 Å². The van der Waals surface area contributed by atoms with Gasteiger partial charge in [0.1, 0.15) is 6.61 Å². The third-order valence-corrected chi connectivity index (χ3v) is 3.10. The van der Waals surface area contributed by atoms with Crippen molar-refractivity contribution in [2.45, 2.75) is 25.9 Å². The highest BCUT2D eigenvalue weighted by molar-refractivity contribution is 4.74. The third-order valence-electron chi connectivity index (χ3n) is 3.10. The molecule has 0 radical (unpaired) electrons. The largest absolute Gasteiger partial charge is 0.411 e. The summed E-state index contributed by atoms with van der Waals surface area (Å²) in [5, 5.41) is 3.32. The van der Waals surface area contributed by atoms with Gasteiger partial charge in [-0.15, -0.1) is 0 Å². The molecule has 1 saturated heterocycles. The van der Waals surface area contributed by atoms with Crippen molar-refractivity contribution in [3.63, 3.8) is 0 Å². The van der Waals surface area contributed by atoms with Gasteiger partial charge in [0.05, 0.1) is 6.61 Å². The minimum atomic E-state index is -4.21. The lowest BCUT2D eigenvalue weighted by Gasteiger charge is -2.32. The fourth-order valence-electron chi connectivity index (χ4n) is 2.25. The van der Waals surface area contributed by atoms with Crippen LogP contribution in [0.25, 0.3) is 0 Å². The lowest BCUT2D eigenvalue weighted by atomic mass is 9.98. The van der Waals surface area contributed by atoms with Gasteiger partial charge < -0.3 is 15.0 Å². The van der Waals surface area contributed by atoms with Crippen LogP contribution in [0.4, 0.5) is 13.2 Å². The van der Waals surface area contributed by atoms with Gasteiger partial charge in [-0.2, -0.15) is 13.2 Å². The number of alkyl halides is 3. The van der Waals surface area contributed by atoms with E-state index in [1.165, 1.54) is 6.42 Å². The number of ether oxygens (including phenoxy) is 1. The molecule has 0 amide bonds. The lowest BCUT2D eigenvalue weighted by Crippen LogP contribution is -2.41. The molecule has 1 unspecified atom stereocenters. The van der Waals surface area contributed by atoms with E-state index >= 15 is 0 Å². The second-order valence-corrected chi connectivity index (χ2v) is 4.78. The maximum Gasteiger partial charge on any atom is 0.411 e. The van der Waals surface area contributed by atoms with Crippen molar-refractivity contribution in [3.8, 4) is 0 Å². The molecule has 1 aliphatic heterocycles. The van der Waals surface area contributed by atoms with Gasteiger partial charge in [-0.3, -0.25) is 0 Å². The topological polar surface area (TPSA) is 24.5 Å². The van der Waals surface area contributed by atoms with Crippen LogP contribution >= 0.6 is 0 Å². The number of likely N-dealkylation sites (tertiary alicyclic amines) is 1. The first-order valence-electron chi connectivity index (χ1n) is 6.59. The minimum Gasteiger partial charge on any atom is -0.371 e. The van der Waals surface area contributed by atoms with Crippen molar-refractivity contribution in [2.24, 2.45) is 5.92 Å². The predicted octanol–water partition coefficient (Wildman–Crippen LogP) is 1.89. The zero-order chi connectivity index (χ0) is 13.4. The zero-order valence-corrected chi connectivity index (χ0v) is 10.9. The Morgan fingerprint density at radius 3 is 2.83 bits per heavy atom. The summed E-state index contributed by atoms with van der Waals surface area (Å²) in [6.45, 7) is 5.58. The smallest absolute Gasteiger partial charge is 0.371 e. The Morgan fingerprint density at radius 1 is 1.39 bits per heavy atom. The van der Waals surface area contributed by atoms with Crippen molar-refractivity contribution < 1.29 is 17.9 Å². The number of piperidine rings is 1.